The van der Waals surface area contributed by atoms with Gasteiger partial charge >= 0.3 is 5.97 Å². The summed E-state index contributed by atoms with van der Waals surface area (Å²) in [6.07, 6.45) is 73.7. The van der Waals surface area contributed by atoms with Crippen molar-refractivity contribution in [2.45, 2.75) is 379 Å². The topological polar surface area (TPSA) is 95.9 Å². The van der Waals surface area contributed by atoms with Crippen molar-refractivity contribution >= 4 is 11.9 Å². The second-order valence-electron chi connectivity index (χ2n) is 22.5. The van der Waals surface area contributed by atoms with Crippen molar-refractivity contribution in [3.8, 4) is 0 Å². The number of aliphatic hydroxyl groups is 2. The third kappa shape index (κ3) is 57.7. The smallest absolute Gasteiger partial charge is 0.305 e. The van der Waals surface area contributed by atoms with Crippen molar-refractivity contribution in [3.05, 3.63) is 12.2 Å². The Balaban J connectivity index is 3.44. The van der Waals surface area contributed by atoms with Crippen LogP contribution in [0.4, 0.5) is 0 Å². The first-order chi connectivity index (χ1) is 35.0. The van der Waals surface area contributed by atoms with E-state index in [4.69, 9.17) is 4.74 Å². The number of hydrogen-bond donors (Lipinski definition) is 3. The Kier molecular flexibility index (Phi) is 59.9. The number of aliphatic hydroxyl groups excluding tert-OH is 2. The van der Waals surface area contributed by atoms with Gasteiger partial charge in [0.1, 0.15) is 0 Å². The first-order valence-corrected chi connectivity index (χ1v) is 32.4. The van der Waals surface area contributed by atoms with Crippen molar-refractivity contribution < 1.29 is 24.5 Å². The lowest BCUT2D eigenvalue weighted by Crippen LogP contribution is -2.45. The molecule has 0 bridgehead atoms. The van der Waals surface area contributed by atoms with Crippen LogP contribution in [-0.4, -0.2) is 47.4 Å². The normalized spacial score (nSPS) is 12.6. The van der Waals surface area contributed by atoms with Gasteiger partial charge in [-0.05, 0) is 51.4 Å². The number of ether oxygens (including phenoxy) is 1. The van der Waals surface area contributed by atoms with Gasteiger partial charge in [-0.15, -0.1) is 0 Å². The Bertz CT molecular complexity index is 1060. The second-order valence-corrected chi connectivity index (χ2v) is 22.5. The fraction of sp³-hybridized carbons (Fsp3) is 0.938. The number of nitrogens with one attached hydrogen (secondary N) is 1. The highest BCUT2D eigenvalue weighted by Crippen LogP contribution is 2.18. The highest BCUT2D eigenvalue weighted by molar-refractivity contribution is 5.76. The van der Waals surface area contributed by atoms with Gasteiger partial charge in [-0.2, -0.15) is 0 Å². The van der Waals surface area contributed by atoms with Crippen LogP contribution in [0, 0.1) is 0 Å². The zero-order valence-electron chi connectivity index (χ0n) is 48.2. The van der Waals surface area contributed by atoms with Gasteiger partial charge in [-0.1, -0.05) is 315 Å². The Morgan fingerprint density at radius 2 is 0.662 bits per heavy atom. The zero-order valence-corrected chi connectivity index (χ0v) is 48.2. The molecule has 0 spiro atoms. The maximum Gasteiger partial charge on any atom is 0.305 e. The molecule has 71 heavy (non-hydrogen) atoms. The summed E-state index contributed by atoms with van der Waals surface area (Å²) in [5.41, 5.74) is 0. The molecule has 6 nitrogen and oxygen atoms in total. The van der Waals surface area contributed by atoms with Gasteiger partial charge in [0.05, 0.1) is 25.4 Å². The number of unbranched alkanes of at least 4 members (excludes halogenated alkanes) is 48. The number of amides is 1. The predicted octanol–water partition coefficient (Wildman–Crippen LogP) is 20.4. The minimum atomic E-state index is -0.675. The van der Waals surface area contributed by atoms with E-state index in [-0.39, 0.29) is 18.5 Å². The molecule has 0 rings (SSSR count). The molecule has 1 amide bonds. The molecule has 0 aromatic carbocycles. The Hall–Kier alpha value is -1.40. The molecule has 0 aromatic rings. The fourth-order valence-electron chi connectivity index (χ4n) is 10.3. The first kappa shape index (κ1) is 69.6. The Morgan fingerprint density at radius 1 is 0.380 bits per heavy atom. The third-order valence-electron chi connectivity index (χ3n) is 15.3. The van der Waals surface area contributed by atoms with Crippen molar-refractivity contribution in [2.75, 3.05) is 13.2 Å². The van der Waals surface area contributed by atoms with E-state index in [1.54, 1.807) is 0 Å². The minimum Gasteiger partial charge on any atom is -0.466 e. The van der Waals surface area contributed by atoms with Crippen LogP contribution in [0.15, 0.2) is 12.2 Å². The van der Waals surface area contributed by atoms with Crippen LogP contribution in [0.5, 0.6) is 0 Å². The summed E-state index contributed by atoms with van der Waals surface area (Å²) in [5.74, 6) is -0.0467. The van der Waals surface area contributed by atoms with E-state index in [2.05, 4.69) is 31.3 Å². The molecule has 3 N–H and O–H groups in total. The number of carbonyl (C=O) groups is 2. The largest absolute Gasteiger partial charge is 0.466 e. The molecular formula is C65H127NO5. The number of allylic oxidation sites excluding steroid dienone is 2. The standard InChI is InChI=1S/C65H127NO5/c1-3-5-7-9-11-13-15-17-19-20-21-22-23-24-25-26-27-30-33-37-41-45-49-53-57-63(68)62(61-67)66-64(69)58-54-50-46-42-38-34-31-28-29-32-36-40-44-48-52-56-60-71-65(70)59-55-51-47-43-39-35-18-16-14-12-10-8-6-4-2/h28,31,62-63,67-68H,3-27,29-30,32-61H2,1-2H3,(H,66,69)/b31-28-. The van der Waals surface area contributed by atoms with Crippen molar-refractivity contribution in [1.29, 1.82) is 0 Å². The molecule has 0 aliphatic carbocycles. The van der Waals surface area contributed by atoms with Crippen LogP contribution in [-0.2, 0) is 14.3 Å². The summed E-state index contributed by atoms with van der Waals surface area (Å²) in [5, 5.41) is 23.4. The second kappa shape index (κ2) is 61.1. The molecule has 0 fully saturated rings. The van der Waals surface area contributed by atoms with Gasteiger partial charge in [0.15, 0.2) is 0 Å². The summed E-state index contributed by atoms with van der Waals surface area (Å²) in [7, 11) is 0. The molecule has 2 atom stereocenters. The van der Waals surface area contributed by atoms with Crippen molar-refractivity contribution in [2.24, 2.45) is 0 Å². The molecule has 6 heteroatoms. The lowest BCUT2D eigenvalue weighted by molar-refractivity contribution is -0.143. The lowest BCUT2D eigenvalue weighted by atomic mass is 10.0. The molecule has 0 heterocycles. The number of hydrogen-bond acceptors (Lipinski definition) is 5. The third-order valence-corrected chi connectivity index (χ3v) is 15.3. The van der Waals surface area contributed by atoms with Gasteiger partial charge < -0.3 is 20.3 Å². The molecule has 2 unspecified atom stereocenters. The highest BCUT2D eigenvalue weighted by Gasteiger charge is 2.20. The molecule has 0 aliphatic heterocycles. The van der Waals surface area contributed by atoms with E-state index >= 15 is 0 Å². The quantitative estimate of drug-likeness (QED) is 0.0320. The lowest BCUT2D eigenvalue weighted by Gasteiger charge is -2.22. The van der Waals surface area contributed by atoms with Crippen LogP contribution < -0.4 is 5.32 Å². The van der Waals surface area contributed by atoms with Gasteiger partial charge in [0, 0.05) is 12.8 Å². The van der Waals surface area contributed by atoms with E-state index in [0.29, 0.717) is 25.9 Å². The molecular weight excluding hydrogens is 875 g/mol. The Labute approximate surface area is 444 Å². The molecule has 0 aliphatic rings. The summed E-state index contributed by atoms with van der Waals surface area (Å²) in [6.45, 7) is 4.97. The average Bonchev–Trinajstić information content (AvgIpc) is 3.37. The molecule has 0 saturated heterocycles. The van der Waals surface area contributed by atoms with Crippen LogP contribution in [0.1, 0.15) is 367 Å². The summed E-state index contributed by atoms with van der Waals surface area (Å²) in [6, 6.07) is -0.554. The number of rotatable bonds is 61. The van der Waals surface area contributed by atoms with Crippen molar-refractivity contribution in [1.82, 2.24) is 5.32 Å². The van der Waals surface area contributed by atoms with Crippen LogP contribution in [0.2, 0.25) is 0 Å². The Morgan fingerprint density at radius 3 is 1.00 bits per heavy atom. The summed E-state index contributed by atoms with van der Waals surface area (Å²) < 4.78 is 5.48. The highest BCUT2D eigenvalue weighted by atomic mass is 16.5. The zero-order chi connectivity index (χ0) is 51.4. The molecule has 0 saturated carbocycles. The maximum atomic E-state index is 12.5. The SMILES string of the molecule is CCCCCCCCCCCCCCCCCCCCCCCCCCC(O)C(CO)NC(=O)CCCCCCC/C=C\CCCCCCCCCOC(=O)CCCCCCCCCCCCCCCC. The maximum absolute atomic E-state index is 12.5. The first-order valence-electron chi connectivity index (χ1n) is 32.4. The van der Waals surface area contributed by atoms with Crippen LogP contribution >= 0.6 is 0 Å². The van der Waals surface area contributed by atoms with E-state index in [0.717, 1.165) is 64.2 Å². The monoisotopic (exact) mass is 1000 g/mol. The van der Waals surface area contributed by atoms with E-state index in [1.807, 2.05) is 0 Å². The van der Waals surface area contributed by atoms with Gasteiger partial charge in [0.25, 0.3) is 0 Å². The molecule has 422 valence electrons. The predicted molar refractivity (Wildman–Crippen MR) is 310 cm³/mol. The van der Waals surface area contributed by atoms with Crippen LogP contribution in [0.3, 0.4) is 0 Å². The number of carbonyl (C=O) groups excluding carboxylic acids is 2. The van der Waals surface area contributed by atoms with Gasteiger partial charge in [0.2, 0.25) is 5.91 Å². The molecule has 0 radical (unpaired) electrons. The van der Waals surface area contributed by atoms with Gasteiger partial charge in [-0.3, -0.25) is 9.59 Å². The number of esters is 1. The summed E-state index contributed by atoms with van der Waals surface area (Å²) >= 11 is 0. The van der Waals surface area contributed by atoms with E-state index < -0.39 is 12.1 Å². The fourth-order valence-corrected chi connectivity index (χ4v) is 10.3. The molecule has 0 aromatic heterocycles. The van der Waals surface area contributed by atoms with Crippen LogP contribution in [0.25, 0.3) is 0 Å². The summed E-state index contributed by atoms with van der Waals surface area (Å²) in [4.78, 5) is 24.6. The van der Waals surface area contributed by atoms with Crippen molar-refractivity contribution in [3.63, 3.8) is 0 Å². The van der Waals surface area contributed by atoms with Gasteiger partial charge in [-0.25, -0.2) is 0 Å². The average molecular weight is 1000 g/mol. The van der Waals surface area contributed by atoms with E-state index in [9.17, 15) is 19.8 Å². The minimum absolute atomic E-state index is 0.000693. The van der Waals surface area contributed by atoms with E-state index in [1.165, 1.54) is 270 Å².